The lowest BCUT2D eigenvalue weighted by molar-refractivity contribution is 0.793. The number of fused-ring (bicyclic) bond motifs is 1. The summed E-state index contributed by atoms with van der Waals surface area (Å²) in [5.74, 6) is 1.39. The van der Waals surface area contributed by atoms with E-state index < -0.39 is 0 Å². The van der Waals surface area contributed by atoms with E-state index >= 15 is 0 Å². The van der Waals surface area contributed by atoms with Gasteiger partial charge in [0.05, 0.1) is 5.69 Å². The van der Waals surface area contributed by atoms with Crippen molar-refractivity contribution in [3.63, 3.8) is 0 Å². The summed E-state index contributed by atoms with van der Waals surface area (Å²) in [6.45, 7) is 1.91. The van der Waals surface area contributed by atoms with Gasteiger partial charge in [-0.3, -0.25) is 9.20 Å². The molecule has 0 atom stereocenters. The van der Waals surface area contributed by atoms with Gasteiger partial charge in [-0.05, 0) is 6.92 Å². The summed E-state index contributed by atoms with van der Waals surface area (Å²) in [7, 11) is 1.94. The molecule has 8 heteroatoms. The third-order valence-corrected chi connectivity index (χ3v) is 5.84. The van der Waals surface area contributed by atoms with E-state index in [-0.39, 0.29) is 5.56 Å². The highest BCUT2D eigenvalue weighted by molar-refractivity contribution is 7.98. The highest BCUT2D eigenvalue weighted by Gasteiger charge is 2.12. The third kappa shape index (κ3) is 2.98. The molecule has 3 aromatic heterocycles. The van der Waals surface area contributed by atoms with Crippen LogP contribution in [0, 0.1) is 6.92 Å². The number of aromatic nitrogens is 5. The number of benzene rings is 1. The minimum atomic E-state index is -0.0395. The molecule has 0 spiro atoms. The van der Waals surface area contributed by atoms with Crippen molar-refractivity contribution in [1.82, 2.24) is 24.1 Å². The first kappa shape index (κ1) is 16.0. The van der Waals surface area contributed by atoms with Crippen molar-refractivity contribution >= 4 is 28.1 Å². The van der Waals surface area contributed by atoms with Crippen molar-refractivity contribution in [2.45, 2.75) is 17.8 Å². The normalized spacial score (nSPS) is 11.3. The Balaban J connectivity index is 1.58. The van der Waals surface area contributed by atoms with E-state index in [9.17, 15) is 4.79 Å². The van der Waals surface area contributed by atoms with Crippen LogP contribution in [0.2, 0.25) is 0 Å². The van der Waals surface area contributed by atoms with E-state index in [1.807, 2.05) is 54.3 Å². The summed E-state index contributed by atoms with van der Waals surface area (Å²) < 4.78 is 3.59. The van der Waals surface area contributed by atoms with E-state index in [0.29, 0.717) is 5.75 Å². The van der Waals surface area contributed by atoms with Crippen LogP contribution < -0.4 is 5.56 Å². The van der Waals surface area contributed by atoms with Crippen LogP contribution in [0.4, 0.5) is 0 Å². The van der Waals surface area contributed by atoms with Crippen molar-refractivity contribution in [2.75, 3.05) is 0 Å². The van der Waals surface area contributed by atoms with Gasteiger partial charge >= 0.3 is 0 Å². The molecule has 0 radical (unpaired) electrons. The fraction of sp³-hybridized carbons (Fsp3) is 0.176. The molecule has 0 unspecified atom stereocenters. The molecule has 6 nitrogen and oxygen atoms in total. The first-order valence-corrected chi connectivity index (χ1v) is 9.54. The van der Waals surface area contributed by atoms with Gasteiger partial charge in [0.2, 0.25) is 0 Å². The number of hydrogen-bond acceptors (Lipinski definition) is 6. The number of rotatable bonds is 4. The molecule has 0 aliphatic rings. The number of nitrogens with zero attached hydrogens (tertiary/aromatic N) is 5. The second-order valence-electron chi connectivity index (χ2n) is 5.60. The van der Waals surface area contributed by atoms with Crippen LogP contribution in [0.1, 0.15) is 11.4 Å². The van der Waals surface area contributed by atoms with Crippen molar-refractivity contribution in [3.8, 4) is 11.4 Å². The van der Waals surface area contributed by atoms with Gasteiger partial charge in [0.1, 0.15) is 0 Å². The zero-order chi connectivity index (χ0) is 17.4. The second kappa shape index (κ2) is 6.45. The Morgan fingerprint density at radius 2 is 2.00 bits per heavy atom. The van der Waals surface area contributed by atoms with Crippen molar-refractivity contribution in [3.05, 3.63) is 63.5 Å². The molecule has 3 heterocycles. The average molecular weight is 369 g/mol. The molecule has 0 N–H and O–H groups in total. The molecule has 0 aliphatic heterocycles. The fourth-order valence-corrected chi connectivity index (χ4v) is 4.29. The van der Waals surface area contributed by atoms with Gasteiger partial charge < -0.3 is 4.57 Å². The SMILES string of the molecule is Cc1csc2nc(CSc3nnc(-c4ccccc4)n3C)cc(=O)n12. The summed E-state index contributed by atoms with van der Waals surface area (Å²) in [6.07, 6.45) is 0. The second-order valence-corrected chi connectivity index (χ2v) is 7.38. The lowest BCUT2D eigenvalue weighted by Gasteiger charge is -2.04. The predicted molar refractivity (Wildman–Crippen MR) is 100 cm³/mol. The maximum Gasteiger partial charge on any atom is 0.258 e. The maximum absolute atomic E-state index is 12.2. The Kier molecular flexibility index (Phi) is 4.14. The van der Waals surface area contributed by atoms with Crippen molar-refractivity contribution < 1.29 is 0 Å². The van der Waals surface area contributed by atoms with E-state index in [2.05, 4.69) is 15.2 Å². The molecular weight excluding hydrogens is 354 g/mol. The van der Waals surface area contributed by atoms with Gasteiger partial charge in [0, 0.05) is 35.5 Å². The number of aryl methyl sites for hydroxylation is 1. The van der Waals surface area contributed by atoms with E-state index in [1.54, 1.807) is 10.5 Å². The molecule has 4 aromatic rings. The Morgan fingerprint density at radius 1 is 1.20 bits per heavy atom. The Labute approximate surface area is 152 Å². The largest absolute Gasteiger partial charge is 0.305 e. The summed E-state index contributed by atoms with van der Waals surface area (Å²) >= 11 is 3.00. The monoisotopic (exact) mass is 369 g/mol. The maximum atomic E-state index is 12.2. The Hall–Kier alpha value is -2.45. The average Bonchev–Trinajstić information content (AvgIpc) is 3.17. The predicted octanol–water partition coefficient (Wildman–Crippen LogP) is 3.15. The molecule has 4 rings (SSSR count). The molecule has 1 aromatic carbocycles. The molecule has 0 amide bonds. The molecule has 126 valence electrons. The molecule has 0 saturated heterocycles. The van der Waals surface area contributed by atoms with E-state index in [0.717, 1.165) is 32.9 Å². The van der Waals surface area contributed by atoms with Gasteiger partial charge in [0.25, 0.3) is 5.56 Å². The zero-order valence-corrected chi connectivity index (χ0v) is 15.3. The van der Waals surface area contributed by atoms with E-state index in [1.165, 1.54) is 23.1 Å². The van der Waals surface area contributed by atoms with Crippen molar-refractivity contribution in [1.29, 1.82) is 0 Å². The van der Waals surface area contributed by atoms with E-state index in [4.69, 9.17) is 0 Å². The molecule has 0 fully saturated rings. The fourth-order valence-electron chi connectivity index (χ4n) is 2.59. The number of hydrogen-bond donors (Lipinski definition) is 0. The highest BCUT2D eigenvalue weighted by Crippen LogP contribution is 2.24. The van der Waals surface area contributed by atoms with Gasteiger partial charge in [0.15, 0.2) is 15.9 Å². The minimum Gasteiger partial charge on any atom is -0.305 e. The minimum absolute atomic E-state index is 0.0395. The zero-order valence-electron chi connectivity index (χ0n) is 13.7. The highest BCUT2D eigenvalue weighted by atomic mass is 32.2. The van der Waals surface area contributed by atoms with Crippen LogP contribution in [-0.2, 0) is 12.8 Å². The lowest BCUT2D eigenvalue weighted by Crippen LogP contribution is -2.14. The summed E-state index contributed by atoms with van der Waals surface area (Å²) in [5.41, 5.74) is 2.65. The third-order valence-electron chi connectivity index (χ3n) is 3.84. The van der Waals surface area contributed by atoms with Crippen LogP contribution in [0.5, 0.6) is 0 Å². The van der Waals surface area contributed by atoms with Gasteiger partial charge in [-0.1, -0.05) is 42.1 Å². The topological polar surface area (TPSA) is 65.1 Å². The number of thioether (sulfide) groups is 1. The smallest absolute Gasteiger partial charge is 0.258 e. The molecule has 0 bridgehead atoms. The lowest BCUT2D eigenvalue weighted by atomic mass is 10.2. The van der Waals surface area contributed by atoms with Crippen LogP contribution in [0.15, 0.2) is 51.7 Å². The van der Waals surface area contributed by atoms with Crippen LogP contribution in [0.3, 0.4) is 0 Å². The molecule has 0 aliphatic carbocycles. The van der Waals surface area contributed by atoms with Crippen LogP contribution in [-0.4, -0.2) is 24.1 Å². The van der Waals surface area contributed by atoms with Crippen LogP contribution in [0.25, 0.3) is 16.3 Å². The molecular formula is C17H15N5OS2. The first-order valence-electron chi connectivity index (χ1n) is 7.68. The standard InChI is InChI=1S/C17H15N5OS2/c1-11-9-24-16-18-13(8-14(23)22(11)16)10-25-17-20-19-15(21(17)2)12-6-4-3-5-7-12/h3-9H,10H2,1-2H3. The van der Waals surface area contributed by atoms with Gasteiger partial charge in [-0.25, -0.2) is 4.98 Å². The summed E-state index contributed by atoms with van der Waals surface area (Å²) in [4.78, 5) is 17.5. The first-order chi connectivity index (χ1) is 12.1. The Morgan fingerprint density at radius 3 is 2.80 bits per heavy atom. The molecule has 0 saturated carbocycles. The quantitative estimate of drug-likeness (QED) is 0.517. The molecule has 25 heavy (non-hydrogen) atoms. The summed E-state index contributed by atoms with van der Waals surface area (Å²) in [6, 6.07) is 11.5. The van der Waals surface area contributed by atoms with Crippen molar-refractivity contribution in [2.24, 2.45) is 7.05 Å². The summed E-state index contributed by atoms with van der Waals surface area (Å²) in [5, 5.41) is 11.3. The van der Waals surface area contributed by atoms with Gasteiger partial charge in [-0.2, -0.15) is 0 Å². The number of thiazole rings is 1. The Bertz CT molecular complexity index is 1100. The van der Waals surface area contributed by atoms with Gasteiger partial charge in [-0.15, -0.1) is 21.5 Å². The van der Waals surface area contributed by atoms with Crippen LogP contribution >= 0.6 is 23.1 Å².